The van der Waals surface area contributed by atoms with Crippen LogP contribution in [0, 0.1) is 0 Å². The van der Waals surface area contributed by atoms with Gasteiger partial charge < -0.3 is 4.42 Å². The van der Waals surface area contributed by atoms with Gasteiger partial charge in [-0.25, -0.2) is 13.6 Å². The third-order valence-electron chi connectivity index (χ3n) is 2.92. The van der Waals surface area contributed by atoms with Crippen molar-refractivity contribution in [1.82, 2.24) is 10.2 Å². The Balaban J connectivity index is 0.000000269. The number of aromatic nitrogens is 2. The molecule has 0 aliphatic carbocycles. The summed E-state index contributed by atoms with van der Waals surface area (Å²) in [5.41, 5.74) is 1.12. The molecule has 0 amide bonds. The van der Waals surface area contributed by atoms with E-state index in [-0.39, 0.29) is 5.75 Å². The van der Waals surface area contributed by atoms with Gasteiger partial charge in [-0.05, 0) is 30.0 Å². The minimum absolute atomic E-state index is 0.264. The molecule has 1 heterocycles. The molecule has 0 spiro atoms. The van der Waals surface area contributed by atoms with Gasteiger partial charge in [0.1, 0.15) is 0 Å². The van der Waals surface area contributed by atoms with Gasteiger partial charge in [-0.15, -0.1) is 10.2 Å². The van der Waals surface area contributed by atoms with Crippen LogP contribution in [-0.4, -0.2) is 24.9 Å². The van der Waals surface area contributed by atoms with Gasteiger partial charge in [0.15, 0.2) is 0 Å². The lowest BCUT2D eigenvalue weighted by Gasteiger charge is -2.04. The maximum atomic E-state index is 11.2. The largest absolute Gasteiger partial charge is 0.411 e. The Morgan fingerprint density at radius 1 is 1.08 bits per heavy atom. The van der Waals surface area contributed by atoms with Gasteiger partial charge >= 0.3 is 0 Å². The minimum Gasteiger partial charge on any atom is -0.411 e. The molecule has 132 valence electrons. The Kier molecular flexibility index (Phi) is 7.01. The van der Waals surface area contributed by atoms with E-state index in [1.165, 1.54) is 11.8 Å². The van der Waals surface area contributed by atoms with Crippen LogP contribution >= 0.6 is 23.4 Å². The molecule has 0 aliphatic heterocycles. The van der Waals surface area contributed by atoms with Crippen molar-refractivity contribution in [3.05, 3.63) is 65.2 Å². The SMILES string of the molecule is CSc1nnc(-c2ccccc2CS(N)(=O)=O)o1.Clc1ccccc1. The molecule has 6 nitrogen and oxygen atoms in total. The van der Waals surface area contributed by atoms with Crippen LogP contribution in [0.4, 0.5) is 0 Å². The zero-order chi connectivity index (χ0) is 18.3. The molecule has 0 atom stereocenters. The molecule has 0 radical (unpaired) electrons. The summed E-state index contributed by atoms with van der Waals surface area (Å²) in [5.74, 6) is 0.0266. The highest BCUT2D eigenvalue weighted by molar-refractivity contribution is 7.98. The van der Waals surface area contributed by atoms with Crippen molar-refractivity contribution >= 4 is 33.4 Å². The number of hydrogen-bond donors (Lipinski definition) is 1. The highest BCUT2D eigenvalue weighted by Gasteiger charge is 2.15. The number of benzene rings is 2. The van der Waals surface area contributed by atoms with Crippen molar-refractivity contribution in [2.75, 3.05) is 6.26 Å². The van der Waals surface area contributed by atoms with Crippen LogP contribution in [0.1, 0.15) is 5.56 Å². The second-order valence-electron chi connectivity index (χ2n) is 4.84. The maximum Gasteiger partial charge on any atom is 0.276 e. The molecule has 0 saturated carbocycles. The first-order chi connectivity index (χ1) is 11.9. The van der Waals surface area contributed by atoms with Gasteiger partial charge in [0, 0.05) is 10.6 Å². The van der Waals surface area contributed by atoms with Crippen LogP contribution in [0.25, 0.3) is 11.5 Å². The van der Waals surface area contributed by atoms with Crippen molar-refractivity contribution in [2.45, 2.75) is 11.0 Å². The van der Waals surface area contributed by atoms with Gasteiger partial charge in [-0.3, -0.25) is 0 Å². The van der Waals surface area contributed by atoms with Crippen molar-refractivity contribution in [3.8, 4) is 11.5 Å². The number of hydrogen-bond acceptors (Lipinski definition) is 6. The Morgan fingerprint density at radius 2 is 1.72 bits per heavy atom. The fraction of sp³-hybridized carbons (Fsp3) is 0.125. The fourth-order valence-corrected chi connectivity index (χ4v) is 3.00. The number of nitrogens with zero attached hydrogens (tertiary/aromatic N) is 2. The summed E-state index contributed by atoms with van der Waals surface area (Å²) >= 11 is 6.86. The Bertz CT molecular complexity index is 915. The molecule has 1 aromatic heterocycles. The zero-order valence-electron chi connectivity index (χ0n) is 13.3. The smallest absolute Gasteiger partial charge is 0.276 e. The van der Waals surface area contributed by atoms with Gasteiger partial charge in [0.2, 0.25) is 15.9 Å². The molecule has 0 aliphatic rings. The van der Waals surface area contributed by atoms with Crippen LogP contribution < -0.4 is 5.14 Å². The van der Waals surface area contributed by atoms with Crippen LogP contribution in [-0.2, 0) is 15.8 Å². The molecule has 2 N–H and O–H groups in total. The van der Waals surface area contributed by atoms with E-state index in [4.69, 9.17) is 21.2 Å². The Hall–Kier alpha value is -1.87. The zero-order valence-corrected chi connectivity index (χ0v) is 15.7. The molecular formula is C16H16ClN3O3S2. The predicted molar refractivity (Wildman–Crippen MR) is 99.8 cm³/mol. The molecule has 3 aromatic rings. The highest BCUT2D eigenvalue weighted by Crippen LogP contribution is 2.25. The fourth-order valence-electron chi connectivity index (χ4n) is 1.89. The van der Waals surface area contributed by atoms with Crippen LogP contribution in [0.5, 0.6) is 0 Å². The second kappa shape index (κ2) is 9.00. The summed E-state index contributed by atoms with van der Waals surface area (Å²) in [5, 5.41) is 14.0. The van der Waals surface area contributed by atoms with Crippen LogP contribution in [0.2, 0.25) is 5.02 Å². The second-order valence-corrected chi connectivity index (χ2v) is 7.65. The molecule has 3 rings (SSSR count). The first kappa shape index (κ1) is 19.5. The average Bonchev–Trinajstić information content (AvgIpc) is 3.04. The molecule has 0 fully saturated rings. The van der Waals surface area contributed by atoms with Crippen molar-refractivity contribution in [3.63, 3.8) is 0 Å². The summed E-state index contributed by atoms with van der Waals surface area (Å²) in [4.78, 5) is 0. The number of halogens is 1. The van der Waals surface area contributed by atoms with Crippen LogP contribution in [0.15, 0.2) is 64.2 Å². The van der Waals surface area contributed by atoms with Crippen molar-refractivity contribution < 1.29 is 12.8 Å². The van der Waals surface area contributed by atoms with Crippen molar-refractivity contribution in [2.24, 2.45) is 5.14 Å². The summed E-state index contributed by atoms with van der Waals surface area (Å²) in [7, 11) is -3.60. The lowest BCUT2D eigenvalue weighted by molar-refractivity contribution is 0.466. The third-order valence-corrected chi connectivity index (χ3v) is 4.40. The number of primary sulfonamides is 1. The topological polar surface area (TPSA) is 99.1 Å². The molecular weight excluding hydrogens is 382 g/mol. The third kappa shape index (κ3) is 6.50. The van der Waals surface area contributed by atoms with Gasteiger partial charge in [0.25, 0.3) is 5.22 Å². The molecule has 9 heteroatoms. The van der Waals surface area contributed by atoms with E-state index < -0.39 is 10.0 Å². The van der Waals surface area contributed by atoms with Gasteiger partial charge in [-0.2, -0.15) is 0 Å². The molecule has 0 bridgehead atoms. The molecule has 2 aromatic carbocycles. The summed E-state index contributed by atoms with van der Waals surface area (Å²) in [6, 6.07) is 16.3. The lowest BCUT2D eigenvalue weighted by Crippen LogP contribution is -2.15. The van der Waals surface area contributed by atoms with Gasteiger partial charge in [0.05, 0.1) is 5.75 Å². The summed E-state index contributed by atoms with van der Waals surface area (Å²) < 4.78 is 27.7. The number of nitrogens with two attached hydrogens (primary N) is 1. The predicted octanol–water partition coefficient (Wildman–Crippen LogP) is 3.59. The van der Waals surface area contributed by atoms with E-state index in [9.17, 15) is 8.42 Å². The quantitative estimate of drug-likeness (QED) is 0.675. The lowest BCUT2D eigenvalue weighted by atomic mass is 10.1. The first-order valence-corrected chi connectivity index (χ1v) is 10.4. The maximum absolute atomic E-state index is 11.2. The normalized spacial score (nSPS) is 10.8. The first-order valence-electron chi connectivity index (χ1n) is 7.06. The summed E-state index contributed by atoms with van der Waals surface area (Å²) in [6.45, 7) is 0. The number of sulfonamides is 1. The van der Waals surface area contributed by atoms with E-state index in [1.54, 1.807) is 24.3 Å². The standard InChI is InChI=1S/C10H11N3O3S2.C6H5Cl/c1-17-10-13-12-9(16-10)8-5-3-2-4-7(8)6-18(11,14)15;7-6-4-2-1-3-5-6/h2-5H,6H2,1H3,(H2,11,14,15);1-5H. The van der Waals surface area contributed by atoms with E-state index in [0.717, 1.165) is 5.02 Å². The minimum atomic E-state index is -3.60. The van der Waals surface area contributed by atoms with E-state index in [1.807, 2.05) is 36.6 Å². The Labute approximate surface area is 155 Å². The van der Waals surface area contributed by atoms with E-state index in [2.05, 4.69) is 10.2 Å². The monoisotopic (exact) mass is 397 g/mol. The molecule has 0 unspecified atom stereocenters. The number of thioether (sulfide) groups is 1. The Morgan fingerprint density at radius 3 is 2.24 bits per heavy atom. The van der Waals surface area contributed by atoms with E-state index in [0.29, 0.717) is 22.2 Å². The van der Waals surface area contributed by atoms with Crippen LogP contribution in [0.3, 0.4) is 0 Å². The van der Waals surface area contributed by atoms with Gasteiger partial charge in [-0.1, -0.05) is 59.8 Å². The summed E-state index contributed by atoms with van der Waals surface area (Å²) in [6.07, 6.45) is 1.81. The number of rotatable bonds is 4. The average molecular weight is 398 g/mol. The van der Waals surface area contributed by atoms with E-state index >= 15 is 0 Å². The van der Waals surface area contributed by atoms with Crippen molar-refractivity contribution in [1.29, 1.82) is 0 Å². The molecule has 25 heavy (non-hydrogen) atoms. The highest BCUT2D eigenvalue weighted by atomic mass is 35.5. The molecule has 0 saturated heterocycles.